The smallest absolute Gasteiger partial charge is 0.0545 e. The molecule has 1 N–H and O–H groups in total. The third-order valence-electron chi connectivity index (χ3n) is 3.38. The molecule has 2 unspecified atom stereocenters. The van der Waals surface area contributed by atoms with Gasteiger partial charge in [0.25, 0.3) is 0 Å². The van der Waals surface area contributed by atoms with Crippen LogP contribution in [0.5, 0.6) is 0 Å². The third-order valence-corrected chi connectivity index (χ3v) is 4.87. The molecule has 0 saturated carbocycles. The molecule has 0 radical (unpaired) electrons. The zero-order chi connectivity index (χ0) is 13.7. The molecule has 0 fully saturated rings. The van der Waals surface area contributed by atoms with Gasteiger partial charge in [-0.1, -0.05) is 43.7 Å². The van der Waals surface area contributed by atoms with Crippen LogP contribution < -0.4 is 5.32 Å². The van der Waals surface area contributed by atoms with Crippen LogP contribution in [0.3, 0.4) is 0 Å². The van der Waals surface area contributed by atoms with Gasteiger partial charge in [0.2, 0.25) is 0 Å². The summed E-state index contributed by atoms with van der Waals surface area (Å²) in [6, 6.07) is 14.6. The number of hydrogen-bond donors (Lipinski definition) is 1. The van der Waals surface area contributed by atoms with E-state index in [1.54, 1.807) is 0 Å². The van der Waals surface area contributed by atoms with E-state index in [0.717, 1.165) is 23.1 Å². The van der Waals surface area contributed by atoms with E-state index >= 15 is 0 Å². The fourth-order valence-corrected chi connectivity index (χ4v) is 3.62. The topological polar surface area (TPSA) is 29.1 Å². The molecule has 0 amide bonds. The molecule has 0 bridgehead atoms. The average Bonchev–Trinajstić information content (AvgIpc) is 2.46. The van der Waals surface area contributed by atoms with Crippen LogP contribution >= 0.6 is 0 Å². The van der Waals surface area contributed by atoms with Crippen LogP contribution in [0.25, 0.3) is 10.8 Å². The molecule has 2 aromatic carbocycles. The first-order valence-corrected chi connectivity index (χ1v) is 8.11. The summed E-state index contributed by atoms with van der Waals surface area (Å²) in [5.74, 6) is 0.683. The molecule has 0 aliphatic carbocycles. The summed E-state index contributed by atoms with van der Waals surface area (Å²) in [5.41, 5.74) is 0. The first-order chi connectivity index (χ1) is 9.24. The summed E-state index contributed by atoms with van der Waals surface area (Å²) in [4.78, 5) is 0.926. The minimum atomic E-state index is -0.933. The maximum absolute atomic E-state index is 12.4. The lowest BCUT2D eigenvalue weighted by Crippen LogP contribution is -2.30. The highest BCUT2D eigenvalue weighted by Crippen LogP contribution is 2.18. The van der Waals surface area contributed by atoms with E-state index in [2.05, 4.69) is 30.4 Å². The van der Waals surface area contributed by atoms with Gasteiger partial charge in [0.15, 0.2) is 0 Å². The standard InChI is InChI=1S/C16H21NOS/c1-3-6-15(17-2)12-19(18)16-10-9-13-7-4-5-8-14(13)11-16/h4-5,7-11,15,17H,3,6,12H2,1-2H3. The molecular weight excluding hydrogens is 254 g/mol. The Morgan fingerprint density at radius 2 is 1.89 bits per heavy atom. The van der Waals surface area contributed by atoms with Crippen molar-refractivity contribution in [1.82, 2.24) is 5.32 Å². The van der Waals surface area contributed by atoms with Crippen molar-refractivity contribution in [3.63, 3.8) is 0 Å². The largest absolute Gasteiger partial charge is 0.316 e. The second-order valence-electron chi connectivity index (χ2n) is 4.80. The maximum Gasteiger partial charge on any atom is 0.0545 e. The molecule has 0 spiro atoms. The van der Waals surface area contributed by atoms with Crippen LogP contribution in [0, 0.1) is 0 Å². The number of rotatable bonds is 6. The van der Waals surface area contributed by atoms with Crippen molar-refractivity contribution >= 4 is 21.6 Å². The van der Waals surface area contributed by atoms with E-state index in [1.165, 1.54) is 5.39 Å². The first kappa shape index (κ1) is 14.2. The SMILES string of the molecule is CCCC(CS(=O)c1ccc2ccccc2c1)NC. The predicted molar refractivity (Wildman–Crippen MR) is 83.0 cm³/mol. The van der Waals surface area contributed by atoms with Crippen LogP contribution in [-0.4, -0.2) is 23.1 Å². The fraction of sp³-hybridized carbons (Fsp3) is 0.375. The molecule has 2 atom stereocenters. The zero-order valence-corrected chi connectivity index (χ0v) is 12.4. The summed E-state index contributed by atoms with van der Waals surface area (Å²) in [7, 11) is 1.01. The van der Waals surface area contributed by atoms with E-state index in [4.69, 9.17) is 0 Å². The van der Waals surface area contributed by atoms with Gasteiger partial charge >= 0.3 is 0 Å². The predicted octanol–water partition coefficient (Wildman–Crippen LogP) is 3.34. The van der Waals surface area contributed by atoms with Crippen molar-refractivity contribution in [2.45, 2.75) is 30.7 Å². The molecule has 0 heterocycles. The van der Waals surface area contributed by atoms with Crippen LogP contribution in [0.4, 0.5) is 0 Å². The van der Waals surface area contributed by atoms with Crippen LogP contribution in [0.15, 0.2) is 47.4 Å². The fourth-order valence-electron chi connectivity index (χ4n) is 2.25. The van der Waals surface area contributed by atoms with Gasteiger partial charge in [0, 0.05) is 16.7 Å². The molecule has 0 aromatic heterocycles. The van der Waals surface area contributed by atoms with Crippen molar-refractivity contribution in [2.24, 2.45) is 0 Å². The number of benzene rings is 2. The second kappa shape index (κ2) is 6.83. The summed E-state index contributed by atoms with van der Waals surface area (Å²) >= 11 is 0. The Labute approximate surface area is 117 Å². The van der Waals surface area contributed by atoms with Crippen molar-refractivity contribution in [1.29, 1.82) is 0 Å². The molecule has 2 aromatic rings. The minimum Gasteiger partial charge on any atom is -0.316 e. The highest BCUT2D eigenvalue weighted by Gasteiger charge is 2.12. The number of fused-ring (bicyclic) bond motifs is 1. The lowest BCUT2D eigenvalue weighted by Gasteiger charge is -2.14. The zero-order valence-electron chi connectivity index (χ0n) is 11.6. The molecule has 2 nitrogen and oxygen atoms in total. The lowest BCUT2D eigenvalue weighted by atomic mass is 10.1. The van der Waals surface area contributed by atoms with Gasteiger partial charge in [-0.3, -0.25) is 4.21 Å². The van der Waals surface area contributed by atoms with Gasteiger partial charge in [-0.05, 0) is 36.4 Å². The van der Waals surface area contributed by atoms with Crippen molar-refractivity contribution < 1.29 is 4.21 Å². The normalized spacial score (nSPS) is 14.4. The van der Waals surface area contributed by atoms with E-state index in [0.29, 0.717) is 11.8 Å². The molecule has 0 saturated heterocycles. The van der Waals surface area contributed by atoms with Crippen LogP contribution in [-0.2, 0) is 10.8 Å². The summed E-state index contributed by atoms with van der Waals surface area (Å²) in [6.07, 6.45) is 2.18. The van der Waals surface area contributed by atoms with Gasteiger partial charge in [-0.15, -0.1) is 0 Å². The minimum absolute atomic E-state index is 0.331. The van der Waals surface area contributed by atoms with E-state index in [1.807, 2.05) is 31.3 Å². The van der Waals surface area contributed by atoms with E-state index < -0.39 is 10.8 Å². The van der Waals surface area contributed by atoms with Crippen molar-refractivity contribution in [3.05, 3.63) is 42.5 Å². The summed E-state index contributed by atoms with van der Waals surface area (Å²) in [5, 5.41) is 5.60. The lowest BCUT2D eigenvalue weighted by molar-refractivity contribution is 0.557. The van der Waals surface area contributed by atoms with Crippen molar-refractivity contribution in [2.75, 3.05) is 12.8 Å². The van der Waals surface area contributed by atoms with E-state index in [-0.39, 0.29) is 0 Å². The quantitative estimate of drug-likeness (QED) is 0.876. The molecular formula is C16H21NOS. The Kier molecular flexibility index (Phi) is 5.11. The Hall–Kier alpha value is -1.19. The highest BCUT2D eigenvalue weighted by molar-refractivity contribution is 7.85. The molecule has 102 valence electrons. The average molecular weight is 275 g/mol. The highest BCUT2D eigenvalue weighted by atomic mass is 32.2. The molecule has 0 aliphatic rings. The Morgan fingerprint density at radius 1 is 1.16 bits per heavy atom. The monoisotopic (exact) mass is 275 g/mol. The first-order valence-electron chi connectivity index (χ1n) is 6.79. The van der Waals surface area contributed by atoms with Gasteiger partial charge in [0.1, 0.15) is 0 Å². The van der Waals surface area contributed by atoms with Crippen LogP contribution in [0.1, 0.15) is 19.8 Å². The molecule has 3 heteroatoms. The summed E-state index contributed by atoms with van der Waals surface area (Å²) < 4.78 is 12.4. The van der Waals surface area contributed by atoms with Gasteiger partial charge in [0.05, 0.1) is 10.8 Å². The third kappa shape index (κ3) is 3.64. The van der Waals surface area contributed by atoms with E-state index in [9.17, 15) is 4.21 Å². The number of hydrogen-bond acceptors (Lipinski definition) is 2. The van der Waals surface area contributed by atoms with Crippen molar-refractivity contribution in [3.8, 4) is 0 Å². The molecule has 0 aliphatic heterocycles. The Bertz CT molecular complexity index is 567. The summed E-state index contributed by atoms with van der Waals surface area (Å²) in [6.45, 7) is 2.16. The Balaban J connectivity index is 2.16. The van der Waals surface area contributed by atoms with Gasteiger partial charge < -0.3 is 5.32 Å². The van der Waals surface area contributed by atoms with Gasteiger partial charge in [-0.25, -0.2) is 0 Å². The maximum atomic E-state index is 12.4. The second-order valence-corrected chi connectivity index (χ2v) is 6.29. The number of nitrogens with one attached hydrogen (secondary N) is 1. The molecule has 19 heavy (non-hydrogen) atoms. The Morgan fingerprint density at radius 3 is 2.58 bits per heavy atom. The molecule has 2 rings (SSSR count). The van der Waals surface area contributed by atoms with Gasteiger partial charge in [-0.2, -0.15) is 0 Å². The van der Waals surface area contributed by atoms with Crippen LogP contribution in [0.2, 0.25) is 0 Å².